The molecule has 6 nitrogen and oxygen atoms in total. The van der Waals surface area contributed by atoms with Gasteiger partial charge in [0.25, 0.3) is 0 Å². The lowest BCUT2D eigenvalue weighted by Gasteiger charge is -2.34. The van der Waals surface area contributed by atoms with Crippen molar-refractivity contribution in [3.05, 3.63) is 29.3 Å². The van der Waals surface area contributed by atoms with Gasteiger partial charge in [0.15, 0.2) is 5.96 Å². The van der Waals surface area contributed by atoms with E-state index in [0.29, 0.717) is 18.9 Å². The Morgan fingerprint density at radius 2 is 2.00 bits per heavy atom. The molecule has 29 heavy (non-hydrogen) atoms. The Hall–Kier alpha value is -1.51. The van der Waals surface area contributed by atoms with Crippen LogP contribution in [0.2, 0.25) is 0 Å². The second kappa shape index (κ2) is 11.6. The summed E-state index contributed by atoms with van der Waals surface area (Å²) in [5.74, 6) is 1.63. The molecule has 2 N–H and O–H groups in total. The molecule has 162 valence electrons. The molecule has 0 aromatic heterocycles. The quantitative estimate of drug-likeness (QED) is 0.361. The zero-order valence-electron chi connectivity index (χ0n) is 18.0. The number of nitrogens with zero attached hydrogens (tertiary/aromatic N) is 3. The third kappa shape index (κ3) is 6.49. The van der Waals surface area contributed by atoms with E-state index in [0.717, 1.165) is 51.4 Å². The SMILES string of the molecule is CCNC(=NCc1ccc2c(c1)CCCN2C)N1CCC(CC(=O)NC)CC1.I. The standard InChI is InChI=1S/C22H35N5O.HI/c1-4-24-22(27-12-9-17(10-13-27)15-21(28)23-2)25-16-18-7-8-20-19(14-18)6-5-11-26(20)3;/h7-8,14,17H,4-6,9-13,15-16H2,1-3H3,(H,23,28)(H,24,25);1H. The summed E-state index contributed by atoms with van der Waals surface area (Å²) in [6.07, 6.45) is 5.12. The van der Waals surface area contributed by atoms with Crippen LogP contribution >= 0.6 is 24.0 Å². The predicted octanol–water partition coefficient (Wildman–Crippen LogP) is 3.00. The van der Waals surface area contributed by atoms with Crippen molar-refractivity contribution in [3.8, 4) is 0 Å². The number of fused-ring (bicyclic) bond motifs is 1. The third-order valence-corrected chi connectivity index (χ3v) is 5.91. The van der Waals surface area contributed by atoms with E-state index in [1.165, 1.54) is 23.2 Å². The van der Waals surface area contributed by atoms with E-state index in [9.17, 15) is 4.79 Å². The molecule has 1 saturated heterocycles. The minimum atomic E-state index is 0. The number of halogens is 1. The topological polar surface area (TPSA) is 60.0 Å². The van der Waals surface area contributed by atoms with Crippen LogP contribution in [0.1, 0.15) is 43.7 Å². The first-order valence-corrected chi connectivity index (χ1v) is 10.7. The molecule has 1 aromatic carbocycles. The number of guanidine groups is 1. The zero-order chi connectivity index (χ0) is 19.9. The van der Waals surface area contributed by atoms with Gasteiger partial charge in [-0.2, -0.15) is 0 Å². The van der Waals surface area contributed by atoms with Crippen LogP contribution in [-0.4, -0.2) is 57.0 Å². The Balaban J connectivity index is 0.00000300. The third-order valence-electron chi connectivity index (χ3n) is 5.91. The molecule has 0 unspecified atom stereocenters. The van der Waals surface area contributed by atoms with Gasteiger partial charge in [-0.25, -0.2) is 4.99 Å². The van der Waals surface area contributed by atoms with Gasteiger partial charge in [-0.05, 0) is 55.7 Å². The normalized spacial score (nSPS) is 17.4. The molecule has 1 aromatic rings. The molecular weight excluding hydrogens is 477 g/mol. The maximum absolute atomic E-state index is 11.6. The molecule has 0 aliphatic carbocycles. The molecule has 0 radical (unpaired) electrons. The smallest absolute Gasteiger partial charge is 0.220 e. The average molecular weight is 513 g/mol. The van der Waals surface area contributed by atoms with Gasteiger partial charge in [0.05, 0.1) is 6.54 Å². The monoisotopic (exact) mass is 513 g/mol. The van der Waals surface area contributed by atoms with E-state index in [1.54, 1.807) is 7.05 Å². The summed E-state index contributed by atoms with van der Waals surface area (Å²) in [5.41, 5.74) is 4.09. The number of hydrogen-bond acceptors (Lipinski definition) is 3. The van der Waals surface area contributed by atoms with E-state index in [2.05, 4.69) is 52.6 Å². The molecule has 0 saturated carbocycles. The molecule has 3 rings (SSSR count). The van der Waals surface area contributed by atoms with Crippen molar-refractivity contribution in [1.82, 2.24) is 15.5 Å². The van der Waals surface area contributed by atoms with E-state index >= 15 is 0 Å². The van der Waals surface area contributed by atoms with E-state index in [-0.39, 0.29) is 29.9 Å². The maximum atomic E-state index is 11.6. The number of rotatable bonds is 5. The summed E-state index contributed by atoms with van der Waals surface area (Å²) in [7, 11) is 3.89. The van der Waals surface area contributed by atoms with Gasteiger partial charge in [-0.1, -0.05) is 12.1 Å². The molecule has 7 heteroatoms. The second-order valence-corrected chi connectivity index (χ2v) is 7.97. The fraction of sp³-hybridized carbons (Fsp3) is 0.636. The molecule has 2 aliphatic rings. The predicted molar refractivity (Wildman–Crippen MR) is 131 cm³/mol. The van der Waals surface area contributed by atoms with Gasteiger partial charge < -0.3 is 20.4 Å². The van der Waals surface area contributed by atoms with Crippen molar-refractivity contribution in [3.63, 3.8) is 0 Å². The van der Waals surface area contributed by atoms with Crippen LogP contribution in [-0.2, 0) is 17.8 Å². The van der Waals surface area contributed by atoms with E-state index in [1.807, 2.05) is 0 Å². The molecule has 0 spiro atoms. The van der Waals surface area contributed by atoms with Crippen molar-refractivity contribution in [2.45, 2.75) is 45.6 Å². The Labute approximate surface area is 192 Å². The first-order valence-electron chi connectivity index (χ1n) is 10.7. The largest absolute Gasteiger partial charge is 0.374 e. The van der Waals surface area contributed by atoms with Crippen LogP contribution in [0.4, 0.5) is 5.69 Å². The second-order valence-electron chi connectivity index (χ2n) is 7.97. The molecular formula is C22H36IN5O. The number of likely N-dealkylation sites (tertiary alicyclic amines) is 1. The highest BCUT2D eigenvalue weighted by Gasteiger charge is 2.23. The van der Waals surface area contributed by atoms with E-state index in [4.69, 9.17) is 4.99 Å². The zero-order valence-corrected chi connectivity index (χ0v) is 20.4. The Bertz CT molecular complexity index is 700. The lowest BCUT2D eigenvalue weighted by molar-refractivity contribution is -0.121. The number of amides is 1. The number of aliphatic imine (C=N–C) groups is 1. The van der Waals surface area contributed by atoms with Crippen LogP contribution in [0, 0.1) is 5.92 Å². The van der Waals surface area contributed by atoms with Crippen LogP contribution < -0.4 is 15.5 Å². The number of carbonyl (C=O) groups excluding carboxylic acids is 1. The minimum Gasteiger partial charge on any atom is -0.374 e. The number of hydrogen-bond donors (Lipinski definition) is 2. The highest BCUT2D eigenvalue weighted by molar-refractivity contribution is 14.0. The van der Waals surface area contributed by atoms with Gasteiger partial charge in [0.1, 0.15) is 0 Å². The van der Waals surface area contributed by atoms with Crippen molar-refractivity contribution in [2.75, 3.05) is 45.2 Å². The fourth-order valence-corrected chi connectivity index (χ4v) is 4.24. The number of aryl methyl sites for hydroxylation is 1. The fourth-order valence-electron chi connectivity index (χ4n) is 4.24. The van der Waals surface area contributed by atoms with Gasteiger partial charge in [-0.3, -0.25) is 4.79 Å². The number of piperidine rings is 1. The minimum absolute atomic E-state index is 0. The number of benzene rings is 1. The summed E-state index contributed by atoms with van der Waals surface area (Å²) in [6, 6.07) is 6.79. The highest BCUT2D eigenvalue weighted by atomic mass is 127. The average Bonchev–Trinajstić information content (AvgIpc) is 2.72. The van der Waals surface area contributed by atoms with Crippen molar-refractivity contribution in [1.29, 1.82) is 0 Å². The van der Waals surface area contributed by atoms with Crippen LogP contribution in [0.15, 0.2) is 23.2 Å². The van der Waals surface area contributed by atoms with Crippen LogP contribution in [0.3, 0.4) is 0 Å². The van der Waals surface area contributed by atoms with Crippen LogP contribution in [0.5, 0.6) is 0 Å². The van der Waals surface area contributed by atoms with Gasteiger partial charge >= 0.3 is 0 Å². The molecule has 1 fully saturated rings. The lowest BCUT2D eigenvalue weighted by atomic mass is 9.93. The molecule has 0 bridgehead atoms. The molecule has 1 amide bonds. The van der Waals surface area contributed by atoms with Crippen molar-refractivity contribution >= 4 is 41.5 Å². The summed E-state index contributed by atoms with van der Waals surface area (Å²) in [4.78, 5) is 21.2. The maximum Gasteiger partial charge on any atom is 0.220 e. The van der Waals surface area contributed by atoms with Gasteiger partial charge in [-0.15, -0.1) is 24.0 Å². The Morgan fingerprint density at radius 1 is 1.24 bits per heavy atom. The first kappa shape index (κ1) is 23.8. The summed E-state index contributed by atoms with van der Waals surface area (Å²) in [6.45, 7) is 6.75. The number of anilines is 1. The number of carbonyl (C=O) groups is 1. The van der Waals surface area contributed by atoms with Gasteiger partial charge in [0.2, 0.25) is 5.91 Å². The molecule has 2 aliphatic heterocycles. The van der Waals surface area contributed by atoms with Crippen LogP contribution in [0.25, 0.3) is 0 Å². The molecule has 2 heterocycles. The summed E-state index contributed by atoms with van der Waals surface area (Å²) >= 11 is 0. The summed E-state index contributed by atoms with van der Waals surface area (Å²) in [5, 5.41) is 6.18. The summed E-state index contributed by atoms with van der Waals surface area (Å²) < 4.78 is 0. The first-order chi connectivity index (χ1) is 13.6. The number of nitrogens with one attached hydrogen (secondary N) is 2. The van der Waals surface area contributed by atoms with Crippen molar-refractivity contribution < 1.29 is 4.79 Å². The molecule has 0 atom stereocenters. The Morgan fingerprint density at radius 3 is 2.69 bits per heavy atom. The van der Waals surface area contributed by atoms with Gasteiger partial charge in [0, 0.05) is 52.4 Å². The van der Waals surface area contributed by atoms with E-state index < -0.39 is 0 Å². The van der Waals surface area contributed by atoms with Crippen molar-refractivity contribution in [2.24, 2.45) is 10.9 Å². The highest BCUT2D eigenvalue weighted by Crippen LogP contribution is 2.27. The Kier molecular flexibility index (Phi) is 9.52. The lowest BCUT2D eigenvalue weighted by Crippen LogP contribution is -2.46.